The minimum atomic E-state index is -0.698. The molecular weight excluding hydrogens is 422 g/mol. The van der Waals surface area contributed by atoms with E-state index in [4.69, 9.17) is 11.6 Å². The predicted molar refractivity (Wildman–Crippen MR) is 129 cm³/mol. The number of anilines is 2. The number of hydrogen-bond donors (Lipinski definition) is 2. The van der Waals surface area contributed by atoms with Crippen LogP contribution in [0.1, 0.15) is 22.3 Å². The van der Waals surface area contributed by atoms with Crippen molar-refractivity contribution in [2.45, 2.75) is 26.3 Å². The molecule has 0 radical (unpaired) electrons. The Balaban J connectivity index is 1.26. The van der Waals surface area contributed by atoms with Gasteiger partial charge in [-0.3, -0.25) is 9.59 Å². The molecule has 2 amide bonds. The zero-order chi connectivity index (χ0) is 22.5. The second-order valence-electron chi connectivity index (χ2n) is 8.03. The van der Waals surface area contributed by atoms with Gasteiger partial charge in [0.25, 0.3) is 0 Å². The van der Waals surface area contributed by atoms with E-state index in [0.717, 1.165) is 30.6 Å². The van der Waals surface area contributed by atoms with Crippen molar-refractivity contribution in [3.05, 3.63) is 94.0 Å². The molecule has 0 saturated carbocycles. The third kappa shape index (κ3) is 5.29. The van der Waals surface area contributed by atoms with E-state index in [0.29, 0.717) is 23.7 Å². The van der Waals surface area contributed by atoms with E-state index in [2.05, 4.69) is 64.1 Å². The quantitative estimate of drug-likeness (QED) is 0.566. The molecule has 164 valence electrons. The topological polar surface area (TPSA) is 61.4 Å². The Hall–Kier alpha value is -3.31. The first kappa shape index (κ1) is 21.9. The Bertz CT molecular complexity index is 1130. The average molecular weight is 448 g/mol. The van der Waals surface area contributed by atoms with Gasteiger partial charge in [-0.25, -0.2) is 0 Å². The molecule has 2 N–H and O–H groups in total. The molecule has 1 heterocycles. The molecule has 6 heteroatoms. The van der Waals surface area contributed by atoms with Gasteiger partial charge in [-0.15, -0.1) is 0 Å². The molecule has 0 fully saturated rings. The van der Waals surface area contributed by atoms with Gasteiger partial charge in [-0.2, -0.15) is 0 Å². The molecule has 1 aliphatic heterocycles. The molecule has 0 bridgehead atoms. The van der Waals surface area contributed by atoms with Crippen LogP contribution < -0.4 is 15.5 Å². The van der Waals surface area contributed by atoms with E-state index in [-0.39, 0.29) is 0 Å². The largest absolute Gasteiger partial charge is 0.367 e. The van der Waals surface area contributed by atoms with Crippen LogP contribution in [0.25, 0.3) is 0 Å². The summed E-state index contributed by atoms with van der Waals surface area (Å²) in [5.41, 5.74) is 6.50. The third-order valence-electron chi connectivity index (χ3n) is 5.79. The Morgan fingerprint density at radius 2 is 1.72 bits per heavy atom. The average Bonchev–Trinajstić information content (AvgIpc) is 2.81. The molecule has 0 aromatic heterocycles. The summed E-state index contributed by atoms with van der Waals surface area (Å²) >= 11 is 5.96. The minimum Gasteiger partial charge on any atom is -0.367 e. The van der Waals surface area contributed by atoms with Gasteiger partial charge in [0.05, 0.1) is 0 Å². The highest BCUT2D eigenvalue weighted by molar-refractivity contribution is 6.40. The molecule has 0 atom stereocenters. The lowest BCUT2D eigenvalue weighted by atomic mass is 9.99. The SMILES string of the molecule is Cc1ccc(Cl)cc1NC(=O)C(=O)NCCc1ccc(N2CCc3ccccc3C2)cc1. The number of amides is 2. The van der Waals surface area contributed by atoms with Crippen LogP contribution in [-0.2, 0) is 29.0 Å². The molecule has 3 aromatic rings. The van der Waals surface area contributed by atoms with Gasteiger partial charge in [0, 0.05) is 36.0 Å². The number of nitrogens with zero attached hydrogens (tertiary/aromatic N) is 1. The number of hydrogen-bond acceptors (Lipinski definition) is 3. The van der Waals surface area contributed by atoms with Crippen molar-refractivity contribution in [1.82, 2.24) is 5.32 Å². The molecule has 1 aliphatic rings. The summed E-state index contributed by atoms with van der Waals surface area (Å²) in [6, 6.07) is 22.2. The number of fused-ring (bicyclic) bond motifs is 1. The Labute approximate surface area is 193 Å². The first-order valence-electron chi connectivity index (χ1n) is 10.8. The number of aryl methyl sites for hydroxylation is 1. The van der Waals surface area contributed by atoms with Crippen LogP contribution in [0.4, 0.5) is 11.4 Å². The fraction of sp³-hybridized carbons (Fsp3) is 0.231. The van der Waals surface area contributed by atoms with Crippen LogP contribution in [0.3, 0.4) is 0 Å². The van der Waals surface area contributed by atoms with Crippen LogP contribution in [-0.4, -0.2) is 24.9 Å². The van der Waals surface area contributed by atoms with Crippen LogP contribution >= 0.6 is 11.6 Å². The van der Waals surface area contributed by atoms with Crippen molar-refractivity contribution >= 4 is 34.8 Å². The van der Waals surface area contributed by atoms with E-state index < -0.39 is 11.8 Å². The van der Waals surface area contributed by atoms with Gasteiger partial charge in [0.1, 0.15) is 0 Å². The van der Waals surface area contributed by atoms with Crippen molar-refractivity contribution < 1.29 is 9.59 Å². The second kappa shape index (κ2) is 9.88. The molecule has 5 nitrogen and oxygen atoms in total. The number of benzene rings is 3. The van der Waals surface area contributed by atoms with E-state index in [9.17, 15) is 9.59 Å². The first-order chi connectivity index (χ1) is 15.5. The third-order valence-corrected chi connectivity index (χ3v) is 6.02. The van der Waals surface area contributed by atoms with Crippen molar-refractivity contribution in [2.24, 2.45) is 0 Å². The lowest BCUT2D eigenvalue weighted by Crippen LogP contribution is -2.36. The van der Waals surface area contributed by atoms with Gasteiger partial charge < -0.3 is 15.5 Å². The Morgan fingerprint density at radius 3 is 2.50 bits per heavy atom. The lowest BCUT2D eigenvalue weighted by Gasteiger charge is -2.30. The first-order valence-corrected chi connectivity index (χ1v) is 11.1. The maximum atomic E-state index is 12.2. The van der Waals surface area contributed by atoms with E-state index >= 15 is 0 Å². The molecule has 0 spiro atoms. The second-order valence-corrected chi connectivity index (χ2v) is 8.46. The summed E-state index contributed by atoms with van der Waals surface area (Å²) in [6.07, 6.45) is 1.71. The maximum Gasteiger partial charge on any atom is 0.313 e. The van der Waals surface area contributed by atoms with Gasteiger partial charge >= 0.3 is 11.8 Å². The molecule has 4 rings (SSSR count). The minimum absolute atomic E-state index is 0.386. The van der Waals surface area contributed by atoms with Crippen molar-refractivity contribution in [2.75, 3.05) is 23.3 Å². The highest BCUT2D eigenvalue weighted by Gasteiger charge is 2.16. The number of nitrogens with one attached hydrogen (secondary N) is 2. The van der Waals surface area contributed by atoms with Crippen molar-refractivity contribution in [1.29, 1.82) is 0 Å². The summed E-state index contributed by atoms with van der Waals surface area (Å²) in [4.78, 5) is 26.7. The zero-order valence-electron chi connectivity index (χ0n) is 18.0. The van der Waals surface area contributed by atoms with Crippen molar-refractivity contribution in [3.63, 3.8) is 0 Å². The fourth-order valence-electron chi connectivity index (χ4n) is 3.90. The highest BCUT2D eigenvalue weighted by Crippen LogP contribution is 2.24. The van der Waals surface area contributed by atoms with Gasteiger partial charge in [-0.05, 0) is 66.3 Å². The number of rotatable bonds is 5. The molecule has 3 aromatic carbocycles. The number of halogens is 1. The number of carbonyl (C=O) groups excluding carboxylic acids is 2. The normalized spacial score (nSPS) is 12.8. The molecule has 32 heavy (non-hydrogen) atoms. The van der Waals surface area contributed by atoms with E-state index in [1.807, 2.05) is 6.92 Å². The fourth-order valence-corrected chi connectivity index (χ4v) is 4.07. The van der Waals surface area contributed by atoms with Gasteiger partial charge in [-0.1, -0.05) is 54.1 Å². The lowest BCUT2D eigenvalue weighted by molar-refractivity contribution is -0.136. The summed E-state index contributed by atoms with van der Waals surface area (Å²) in [5.74, 6) is -1.36. The summed E-state index contributed by atoms with van der Waals surface area (Å²) < 4.78 is 0. The Kier molecular flexibility index (Phi) is 6.76. The van der Waals surface area contributed by atoms with E-state index in [1.54, 1.807) is 18.2 Å². The zero-order valence-corrected chi connectivity index (χ0v) is 18.8. The van der Waals surface area contributed by atoms with Crippen LogP contribution in [0.15, 0.2) is 66.7 Å². The van der Waals surface area contributed by atoms with Crippen molar-refractivity contribution in [3.8, 4) is 0 Å². The van der Waals surface area contributed by atoms with Gasteiger partial charge in [0.2, 0.25) is 0 Å². The molecular formula is C26H26ClN3O2. The molecule has 0 aliphatic carbocycles. The van der Waals surface area contributed by atoms with Crippen LogP contribution in [0.5, 0.6) is 0 Å². The molecule has 0 saturated heterocycles. The summed E-state index contributed by atoms with van der Waals surface area (Å²) in [5, 5.41) is 5.79. The summed E-state index contributed by atoms with van der Waals surface area (Å²) in [6.45, 7) is 4.16. The monoisotopic (exact) mass is 447 g/mol. The number of carbonyl (C=O) groups is 2. The van der Waals surface area contributed by atoms with E-state index in [1.165, 1.54) is 16.8 Å². The van der Waals surface area contributed by atoms with Gasteiger partial charge in [0.15, 0.2) is 0 Å². The standard InChI is InChI=1S/C26H26ClN3O2/c1-18-6-9-22(27)16-24(18)29-26(32)25(31)28-14-12-19-7-10-23(11-8-19)30-15-13-20-4-2-3-5-21(20)17-30/h2-11,16H,12-15,17H2,1H3,(H,28,31)(H,29,32). The van der Waals surface area contributed by atoms with Crippen LogP contribution in [0.2, 0.25) is 5.02 Å². The Morgan fingerprint density at radius 1 is 0.969 bits per heavy atom. The molecule has 0 unspecified atom stereocenters. The summed E-state index contributed by atoms with van der Waals surface area (Å²) in [7, 11) is 0. The predicted octanol–water partition coefficient (Wildman–Crippen LogP) is 4.51. The van der Waals surface area contributed by atoms with Crippen LogP contribution in [0, 0.1) is 6.92 Å². The smallest absolute Gasteiger partial charge is 0.313 e. The maximum absolute atomic E-state index is 12.2. The highest BCUT2D eigenvalue weighted by atomic mass is 35.5.